The number of hydrogen-bond donors (Lipinski definition) is 0. The third-order valence-corrected chi connectivity index (χ3v) is 8.34. The summed E-state index contributed by atoms with van der Waals surface area (Å²) in [6.45, 7) is 0.0781. The second kappa shape index (κ2) is 9.59. The van der Waals surface area contributed by atoms with E-state index in [0.29, 0.717) is 20.8 Å². The van der Waals surface area contributed by atoms with E-state index >= 15 is 0 Å². The number of piperazine rings is 1. The highest BCUT2D eigenvalue weighted by molar-refractivity contribution is 7.89. The first kappa shape index (κ1) is 25.1. The van der Waals surface area contributed by atoms with Crippen molar-refractivity contribution in [1.82, 2.24) is 4.31 Å². The van der Waals surface area contributed by atoms with E-state index in [0.717, 1.165) is 22.0 Å². The van der Waals surface area contributed by atoms with Gasteiger partial charge in [0.25, 0.3) is 0 Å². The lowest BCUT2D eigenvalue weighted by molar-refractivity contribution is -0.139. The zero-order chi connectivity index (χ0) is 24.7. The maximum absolute atomic E-state index is 13.6. The zero-order valence-electron chi connectivity index (χ0n) is 17.4. The predicted octanol–water partition coefficient (Wildman–Crippen LogP) is 6.92. The Kier molecular flexibility index (Phi) is 7.09. The van der Waals surface area contributed by atoms with Crippen LogP contribution >= 0.6 is 34.8 Å². The van der Waals surface area contributed by atoms with Gasteiger partial charge in [0.2, 0.25) is 10.0 Å². The Hall–Kier alpha value is -1.97. The normalized spacial score (nSPS) is 17.7. The third kappa shape index (κ3) is 5.02. The highest BCUT2D eigenvalue weighted by Gasteiger charge is 2.41. The van der Waals surface area contributed by atoms with Gasteiger partial charge in [-0.1, -0.05) is 59.1 Å². The van der Waals surface area contributed by atoms with Gasteiger partial charge in [-0.2, -0.15) is 17.5 Å². The van der Waals surface area contributed by atoms with Crippen molar-refractivity contribution in [2.45, 2.75) is 17.1 Å². The van der Waals surface area contributed by atoms with Crippen LogP contribution in [0.2, 0.25) is 15.1 Å². The smallest absolute Gasteiger partial charge is 0.361 e. The van der Waals surface area contributed by atoms with Crippen LogP contribution in [-0.4, -0.2) is 32.4 Å². The van der Waals surface area contributed by atoms with Gasteiger partial charge in [0, 0.05) is 29.7 Å². The molecule has 1 unspecified atom stereocenters. The molecular weight excluding hydrogens is 532 g/mol. The number of hydrogen-bond acceptors (Lipinski definition) is 3. The molecule has 0 bridgehead atoms. The molecule has 4 nitrogen and oxygen atoms in total. The Labute approximate surface area is 210 Å². The summed E-state index contributed by atoms with van der Waals surface area (Å²) in [6.07, 6.45) is -4.81. The van der Waals surface area contributed by atoms with Crippen molar-refractivity contribution in [3.63, 3.8) is 0 Å². The summed E-state index contributed by atoms with van der Waals surface area (Å²) in [4.78, 5) is 1.15. The van der Waals surface area contributed by atoms with Crippen LogP contribution in [-0.2, 0) is 16.2 Å². The predicted molar refractivity (Wildman–Crippen MR) is 128 cm³/mol. The first-order chi connectivity index (χ1) is 16.0. The van der Waals surface area contributed by atoms with Crippen LogP contribution in [0, 0.1) is 0 Å². The Bertz CT molecular complexity index is 1300. The van der Waals surface area contributed by atoms with E-state index in [2.05, 4.69) is 0 Å². The van der Waals surface area contributed by atoms with E-state index in [4.69, 9.17) is 34.8 Å². The molecule has 1 atom stereocenters. The van der Waals surface area contributed by atoms with Gasteiger partial charge in [-0.25, -0.2) is 8.42 Å². The molecule has 1 heterocycles. The molecule has 34 heavy (non-hydrogen) atoms. The van der Waals surface area contributed by atoms with Crippen molar-refractivity contribution in [3.05, 3.63) is 92.9 Å². The van der Waals surface area contributed by atoms with Crippen molar-refractivity contribution < 1.29 is 21.6 Å². The molecule has 11 heteroatoms. The minimum Gasteiger partial charge on any atom is -0.361 e. The highest BCUT2D eigenvalue weighted by atomic mass is 35.5. The lowest BCUT2D eigenvalue weighted by atomic mass is 10.0. The fraction of sp³-hybridized carbons (Fsp3) is 0.217. The maximum Gasteiger partial charge on any atom is 0.417 e. The molecule has 180 valence electrons. The Morgan fingerprint density at radius 2 is 1.50 bits per heavy atom. The first-order valence-corrected chi connectivity index (χ1v) is 12.7. The van der Waals surface area contributed by atoms with Crippen molar-refractivity contribution in [2.75, 3.05) is 24.5 Å². The average molecular weight is 550 g/mol. The molecule has 0 saturated carbocycles. The van der Waals surface area contributed by atoms with E-state index < -0.39 is 32.7 Å². The molecule has 0 spiro atoms. The summed E-state index contributed by atoms with van der Waals surface area (Å²) in [7, 11) is -4.44. The summed E-state index contributed by atoms with van der Waals surface area (Å²) in [5.41, 5.74) is 0.180. The number of sulfonamides is 1. The molecule has 0 amide bonds. The number of halogens is 6. The summed E-state index contributed by atoms with van der Waals surface area (Å²) < 4.78 is 68.5. The van der Waals surface area contributed by atoms with Crippen LogP contribution in [0.15, 0.2) is 71.6 Å². The van der Waals surface area contributed by atoms with Gasteiger partial charge in [-0.05, 0) is 48.0 Å². The molecule has 1 aliphatic rings. The molecule has 0 N–H and O–H groups in total. The van der Waals surface area contributed by atoms with Gasteiger partial charge in [0.05, 0.1) is 27.2 Å². The topological polar surface area (TPSA) is 40.6 Å². The molecule has 3 aromatic carbocycles. The second-order valence-electron chi connectivity index (χ2n) is 7.71. The molecule has 0 radical (unpaired) electrons. The third-order valence-electron chi connectivity index (χ3n) is 5.63. The van der Waals surface area contributed by atoms with Gasteiger partial charge < -0.3 is 4.90 Å². The standard InChI is InChI=1S/C23H18Cl3F3N2O2S/c24-16-7-5-15(6-8-16)21-14-30(11-12-31(21)20-10-9-17(25)13-19(20)26)34(32,33)22-4-2-1-3-18(22)23(27,28)29/h1-10,13,21H,11-12,14H2. The zero-order valence-corrected chi connectivity index (χ0v) is 20.5. The summed E-state index contributed by atoms with van der Waals surface area (Å²) >= 11 is 18.5. The fourth-order valence-electron chi connectivity index (χ4n) is 4.01. The molecule has 1 aliphatic heterocycles. The van der Waals surface area contributed by atoms with Gasteiger partial charge >= 0.3 is 6.18 Å². The number of alkyl halides is 3. The van der Waals surface area contributed by atoms with E-state index in [1.807, 2.05) is 4.90 Å². The van der Waals surface area contributed by atoms with Crippen LogP contribution in [0.1, 0.15) is 17.2 Å². The molecular formula is C23H18Cl3F3N2O2S. The Balaban J connectivity index is 1.76. The first-order valence-electron chi connectivity index (χ1n) is 10.1. The van der Waals surface area contributed by atoms with Crippen molar-refractivity contribution in [2.24, 2.45) is 0 Å². The van der Waals surface area contributed by atoms with Crippen LogP contribution in [0.25, 0.3) is 0 Å². The highest BCUT2D eigenvalue weighted by Crippen LogP contribution is 2.40. The fourth-order valence-corrected chi connectivity index (χ4v) is 6.31. The van der Waals surface area contributed by atoms with Crippen LogP contribution in [0.4, 0.5) is 18.9 Å². The SMILES string of the molecule is O=S(=O)(c1ccccc1C(F)(F)F)N1CCN(c2ccc(Cl)cc2Cl)C(c2ccc(Cl)cc2)C1. The lowest BCUT2D eigenvalue weighted by Gasteiger charge is -2.43. The molecule has 4 rings (SSSR count). The average Bonchev–Trinajstić information content (AvgIpc) is 2.79. The summed E-state index contributed by atoms with van der Waals surface area (Å²) in [6, 6.07) is 15.5. The summed E-state index contributed by atoms with van der Waals surface area (Å²) in [5, 5.41) is 1.33. The van der Waals surface area contributed by atoms with E-state index in [1.54, 1.807) is 42.5 Å². The second-order valence-corrected chi connectivity index (χ2v) is 10.9. The molecule has 1 saturated heterocycles. The minimum absolute atomic E-state index is 0.0302. The summed E-state index contributed by atoms with van der Waals surface area (Å²) in [5.74, 6) is 0. The number of rotatable bonds is 4. The number of benzene rings is 3. The van der Waals surface area contributed by atoms with Crippen LogP contribution < -0.4 is 4.90 Å². The molecule has 0 aromatic heterocycles. The van der Waals surface area contributed by atoms with E-state index in [9.17, 15) is 21.6 Å². The number of nitrogens with zero attached hydrogens (tertiary/aromatic N) is 2. The van der Waals surface area contributed by atoms with Crippen LogP contribution in [0.3, 0.4) is 0 Å². The molecule has 3 aromatic rings. The van der Waals surface area contributed by atoms with Gasteiger partial charge in [-0.3, -0.25) is 0 Å². The molecule has 0 aliphatic carbocycles. The maximum atomic E-state index is 13.6. The van der Waals surface area contributed by atoms with Gasteiger partial charge in [0.1, 0.15) is 0 Å². The monoisotopic (exact) mass is 548 g/mol. The number of anilines is 1. The van der Waals surface area contributed by atoms with Gasteiger partial charge in [0.15, 0.2) is 0 Å². The Morgan fingerprint density at radius 1 is 0.853 bits per heavy atom. The van der Waals surface area contributed by atoms with E-state index in [-0.39, 0.29) is 19.6 Å². The molecule has 1 fully saturated rings. The van der Waals surface area contributed by atoms with E-state index in [1.165, 1.54) is 12.1 Å². The quantitative estimate of drug-likeness (QED) is 0.355. The van der Waals surface area contributed by atoms with Crippen molar-refractivity contribution in [1.29, 1.82) is 0 Å². The largest absolute Gasteiger partial charge is 0.417 e. The lowest BCUT2D eigenvalue weighted by Crippen LogP contribution is -2.50. The van der Waals surface area contributed by atoms with Crippen molar-refractivity contribution >= 4 is 50.5 Å². The van der Waals surface area contributed by atoms with Crippen molar-refractivity contribution in [3.8, 4) is 0 Å². The Morgan fingerprint density at radius 3 is 2.15 bits per heavy atom. The minimum atomic E-state index is -4.81. The van der Waals surface area contributed by atoms with Gasteiger partial charge in [-0.15, -0.1) is 0 Å². The van der Waals surface area contributed by atoms with Crippen LogP contribution in [0.5, 0.6) is 0 Å².